The first-order chi connectivity index (χ1) is 10.7. The van der Waals surface area contributed by atoms with E-state index in [1.54, 1.807) is 7.11 Å². The Hall–Kier alpha value is -1.78. The van der Waals surface area contributed by atoms with Crippen LogP contribution in [-0.4, -0.2) is 12.2 Å². The van der Waals surface area contributed by atoms with E-state index in [1.807, 2.05) is 30.3 Å². The third kappa shape index (κ3) is 3.03. The SMILES string of the molecule is COc1ccc(CCc2oc3ccc(Br)cc3c2CO)cc1. The maximum atomic E-state index is 9.67. The number of halogens is 1. The molecule has 0 fully saturated rings. The van der Waals surface area contributed by atoms with Crippen LogP contribution in [0.25, 0.3) is 11.0 Å². The fraction of sp³-hybridized carbons (Fsp3) is 0.222. The molecule has 0 saturated carbocycles. The molecule has 0 bridgehead atoms. The molecule has 3 aromatic rings. The molecule has 0 saturated heterocycles. The van der Waals surface area contributed by atoms with Gasteiger partial charge in [0.2, 0.25) is 0 Å². The van der Waals surface area contributed by atoms with Gasteiger partial charge in [-0.05, 0) is 42.3 Å². The van der Waals surface area contributed by atoms with Crippen LogP contribution in [0, 0.1) is 0 Å². The monoisotopic (exact) mass is 360 g/mol. The second-order valence-corrected chi connectivity index (χ2v) is 6.07. The average molecular weight is 361 g/mol. The molecule has 114 valence electrons. The molecule has 0 aliphatic heterocycles. The zero-order valence-corrected chi connectivity index (χ0v) is 13.9. The van der Waals surface area contributed by atoms with E-state index in [0.29, 0.717) is 0 Å². The fourth-order valence-corrected chi connectivity index (χ4v) is 2.96. The van der Waals surface area contributed by atoms with E-state index in [9.17, 15) is 5.11 Å². The molecule has 0 radical (unpaired) electrons. The van der Waals surface area contributed by atoms with Crippen molar-refractivity contribution in [3.8, 4) is 5.75 Å². The fourth-order valence-electron chi connectivity index (χ4n) is 2.60. The molecule has 3 nitrogen and oxygen atoms in total. The lowest BCUT2D eigenvalue weighted by Gasteiger charge is -2.03. The molecule has 4 heteroatoms. The van der Waals surface area contributed by atoms with Gasteiger partial charge in [-0.1, -0.05) is 28.1 Å². The molecule has 0 aliphatic rings. The summed E-state index contributed by atoms with van der Waals surface area (Å²) in [6.45, 7) is -0.0125. The highest BCUT2D eigenvalue weighted by Gasteiger charge is 2.13. The Labute approximate surface area is 137 Å². The maximum absolute atomic E-state index is 9.67. The molecular weight excluding hydrogens is 344 g/mol. The number of rotatable bonds is 5. The lowest BCUT2D eigenvalue weighted by molar-refractivity contribution is 0.279. The number of hydrogen-bond acceptors (Lipinski definition) is 3. The van der Waals surface area contributed by atoms with Crippen LogP contribution in [-0.2, 0) is 19.4 Å². The van der Waals surface area contributed by atoms with Crippen molar-refractivity contribution in [1.29, 1.82) is 0 Å². The van der Waals surface area contributed by atoms with Crippen LogP contribution in [0.1, 0.15) is 16.9 Å². The van der Waals surface area contributed by atoms with Crippen LogP contribution < -0.4 is 4.74 Å². The predicted molar refractivity (Wildman–Crippen MR) is 90.2 cm³/mol. The summed E-state index contributed by atoms with van der Waals surface area (Å²) in [4.78, 5) is 0. The molecule has 0 atom stereocenters. The van der Waals surface area contributed by atoms with Gasteiger partial charge in [0.05, 0.1) is 13.7 Å². The number of hydrogen-bond donors (Lipinski definition) is 1. The van der Waals surface area contributed by atoms with Gasteiger partial charge in [0.15, 0.2) is 0 Å². The van der Waals surface area contributed by atoms with Gasteiger partial charge in [0, 0.05) is 21.8 Å². The van der Waals surface area contributed by atoms with Crippen molar-refractivity contribution in [2.45, 2.75) is 19.4 Å². The summed E-state index contributed by atoms with van der Waals surface area (Å²) in [7, 11) is 1.66. The Morgan fingerprint density at radius 2 is 1.86 bits per heavy atom. The summed E-state index contributed by atoms with van der Waals surface area (Å²) in [6, 6.07) is 13.9. The minimum Gasteiger partial charge on any atom is -0.497 e. The van der Waals surface area contributed by atoms with Crippen LogP contribution in [0.3, 0.4) is 0 Å². The largest absolute Gasteiger partial charge is 0.497 e. The van der Waals surface area contributed by atoms with Crippen molar-refractivity contribution in [2.75, 3.05) is 7.11 Å². The first-order valence-corrected chi connectivity index (χ1v) is 7.94. The topological polar surface area (TPSA) is 42.6 Å². The Kier molecular flexibility index (Phi) is 4.50. The maximum Gasteiger partial charge on any atom is 0.134 e. The van der Waals surface area contributed by atoms with Crippen LogP contribution in [0.5, 0.6) is 5.75 Å². The van der Waals surface area contributed by atoms with E-state index < -0.39 is 0 Å². The summed E-state index contributed by atoms with van der Waals surface area (Å²) < 4.78 is 12.1. The summed E-state index contributed by atoms with van der Waals surface area (Å²) in [5, 5.41) is 10.6. The highest BCUT2D eigenvalue weighted by Crippen LogP contribution is 2.29. The van der Waals surface area contributed by atoms with Crippen LogP contribution in [0.2, 0.25) is 0 Å². The molecule has 0 spiro atoms. The number of aliphatic hydroxyl groups is 1. The Bertz CT molecular complexity index is 775. The smallest absolute Gasteiger partial charge is 0.134 e. The van der Waals surface area contributed by atoms with Gasteiger partial charge in [-0.25, -0.2) is 0 Å². The minimum absolute atomic E-state index is 0.0125. The highest BCUT2D eigenvalue weighted by molar-refractivity contribution is 9.10. The summed E-state index contributed by atoms with van der Waals surface area (Å²) in [6.07, 6.45) is 1.62. The van der Waals surface area contributed by atoms with Crippen molar-refractivity contribution in [1.82, 2.24) is 0 Å². The zero-order valence-electron chi connectivity index (χ0n) is 12.3. The van der Waals surface area contributed by atoms with Crippen LogP contribution in [0.15, 0.2) is 51.4 Å². The van der Waals surface area contributed by atoms with Gasteiger partial charge in [0.25, 0.3) is 0 Å². The Morgan fingerprint density at radius 3 is 2.55 bits per heavy atom. The molecule has 1 aromatic heterocycles. The minimum atomic E-state index is -0.0125. The van der Waals surface area contributed by atoms with Crippen molar-refractivity contribution in [2.24, 2.45) is 0 Å². The summed E-state index contributed by atoms with van der Waals surface area (Å²) >= 11 is 3.46. The number of fused-ring (bicyclic) bond motifs is 1. The number of aliphatic hydroxyl groups excluding tert-OH is 1. The van der Waals surface area contributed by atoms with Crippen molar-refractivity contribution in [3.05, 3.63) is 63.8 Å². The lowest BCUT2D eigenvalue weighted by atomic mass is 10.0. The standard InChI is InChI=1S/C18H17BrO3/c1-21-14-6-2-12(3-7-14)4-8-18-16(11-20)15-10-13(19)5-9-17(15)22-18/h2-3,5-7,9-10,20H,4,8,11H2,1H3. The molecule has 0 aliphatic carbocycles. The van der Waals surface area contributed by atoms with E-state index in [4.69, 9.17) is 9.15 Å². The average Bonchev–Trinajstić information content (AvgIpc) is 2.90. The summed E-state index contributed by atoms with van der Waals surface area (Å²) in [5.41, 5.74) is 2.91. The highest BCUT2D eigenvalue weighted by atomic mass is 79.9. The van der Waals surface area contributed by atoms with Crippen molar-refractivity contribution < 1.29 is 14.3 Å². The quantitative estimate of drug-likeness (QED) is 0.729. The van der Waals surface area contributed by atoms with E-state index in [1.165, 1.54) is 5.56 Å². The van der Waals surface area contributed by atoms with E-state index >= 15 is 0 Å². The van der Waals surface area contributed by atoms with Gasteiger partial charge in [-0.2, -0.15) is 0 Å². The first kappa shape index (κ1) is 15.1. The van der Waals surface area contributed by atoms with Gasteiger partial charge in [-0.3, -0.25) is 0 Å². The number of methoxy groups -OCH3 is 1. The van der Waals surface area contributed by atoms with Gasteiger partial charge < -0.3 is 14.3 Å². The van der Waals surface area contributed by atoms with E-state index in [0.717, 1.165) is 45.4 Å². The van der Waals surface area contributed by atoms with Gasteiger partial charge in [0.1, 0.15) is 17.1 Å². The number of benzene rings is 2. The molecular formula is C18H17BrO3. The van der Waals surface area contributed by atoms with Crippen LogP contribution >= 0.6 is 15.9 Å². The molecule has 1 N–H and O–H groups in total. The Balaban J connectivity index is 1.83. The number of furan rings is 1. The lowest BCUT2D eigenvalue weighted by Crippen LogP contribution is -1.94. The zero-order chi connectivity index (χ0) is 15.5. The second-order valence-electron chi connectivity index (χ2n) is 5.15. The molecule has 2 aromatic carbocycles. The van der Waals surface area contributed by atoms with E-state index in [-0.39, 0.29) is 6.61 Å². The summed E-state index contributed by atoms with van der Waals surface area (Å²) in [5.74, 6) is 1.71. The molecule has 1 heterocycles. The molecule has 3 rings (SSSR count). The van der Waals surface area contributed by atoms with Gasteiger partial charge in [-0.15, -0.1) is 0 Å². The third-order valence-corrected chi connectivity index (χ3v) is 4.29. The number of ether oxygens (including phenoxy) is 1. The Morgan fingerprint density at radius 1 is 1.09 bits per heavy atom. The van der Waals surface area contributed by atoms with E-state index in [2.05, 4.69) is 28.1 Å². The van der Waals surface area contributed by atoms with Crippen molar-refractivity contribution >= 4 is 26.9 Å². The third-order valence-electron chi connectivity index (χ3n) is 3.79. The second kappa shape index (κ2) is 6.55. The normalized spacial score (nSPS) is 11.0. The predicted octanol–water partition coefficient (Wildman–Crippen LogP) is 4.48. The molecule has 0 unspecified atom stereocenters. The van der Waals surface area contributed by atoms with Crippen LogP contribution in [0.4, 0.5) is 0 Å². The first-order valence-electron chi connectivity index (χ1n) is 7.15. The number of aryl methyl sites for hydroxylation is 2. The molecule has 0 amide bonds. The van der Waals surface area contributed by atoms with Crippen molar-refractivity contribution in [3.63, 3.8) is 0 Å². The van der Waals surface area contributed by atoms with Gasteiger partial charge >= 0.3 is 0 Å². The molecule has 22 heavy (non-hydrogen) atoms.